The Hall–Kier alpha value is -1.42. The minimum atomic E-state index is -4.60. The molecule has 4 atom stereocenters. The van der Waals surface area contributed by atoms with Gasteiger partial charge in [0.1, 0.15) is 0 Å². The molecule has 0 bridgehead atoms. The number of carbonyl (C=O) groups is 1. The van der Waals surface area contributed by atoms with Crippen LogP contribution in [0, 0.1) is 29.1 Å². The summed E-state index contributed by atoms with van der Waals surface area (Å²) >= 11 is 0. The van der Waals surface area contributed by atoms with Crippen LogP contribution in [-0.4, -0.2) is 72.4 Å². The van der Waals surface area contributed by atoms with Crippen LogP contribution in [0.5, 0.6) is 0 Å². The van der Waals surface area contributed by atoms with Gasteiger partial charge in [0.15, 0.2) is 0 Å². The number of hydrogen-bond donors (Lipinski definition) is 2. The number of nitrogens with two attached hydrogens (primary N) is 1. The fourth-order valence-electron chi connectivity index (χ4n) is 6.77. The molecule has 4 aliphatic rings. The van der Waals surface area contributed by atoms with Crippen LogP contribution in [0.3, 0.4) is 0 Å². The molecular weight excluding hydrogens is 452 g/mol. The molecule has 1 amide bonds. The van der Waals surface area contributed by atoms with Gasteiger partial charge in [0.25, 0.3) is 0 Å². The van der Waals surface area contributed by atoms with E-state index in [1.165, 1.54) is 0 Å². The zero-order chi connectivity index (χ0) is 24.5. The van der Waals surface area contributed by atoms with Gasteiger partial charge in [-0.1, -0.05) is 0 Å². The lowest BCUT2D eigenvalue weighted by Gasteiger charge is -2.41. The molecule has 0 radical (unpaired) electrons. The van der Waals surface area contributed by atoms with E-state index in [0.29, 0.717) is 64.1 Å². The molecule has 2 saturated heterocycles. The van der Waals surface area contributed by atoms with Crippen molar-refractivity contribution < 1.29 is 27.1 Å². The topological polar surface area (TPSA) is 82.6 Å². The molecule has 2 aliphatic carbocycles. The van der Waals surface area contributed by atoms with E-state index >= 15 is 0 Å². The summed E-state index contributed by atoms with van der Waals surface area (Å²) in [4.78, 5) is 17.8. The maximum atomic E-state index is 13.6. The van der Waals surface area contributed by atoms with Gasteiger partial charge in [-0.25, -0.2) is 0 Å². The lowest BCUT2D eigenvalue weighted by Crippen LogP contribution is -2.52. The molecule has 2 heterocycles. The number of piperidine rings is 1. The van der Waals surface area contributed by atoms with Gasteiger partial charge in [-0.2, -0.15) is 0 Å². The van der Waals surface area contributed by atoms with Crippen molar-refractivity contribution in [1.29, 1.82) is 5.41 Å². The highest BCUT2D eigenvalue weighted by Gasteiger charge is 2.49. The first kappa shape index (κ1) is 25.7. The molecule has 3 N–H and O–H groups in total. The number of amides is 1. The number of halogens is 4. The van der Waals surface area contributed by atoms with Crippen LogP contribution in [0.1, 0.15) is 64.2 Å². The van der Waals surface area contributed by atoms with E-state index in [4.69, 9.17) is 11.1 Å². The minimum Gasteiger partial charge on any atom is -0.387 e. The van der Waals surface area contributed by atoms with Gasteiger partial charge >= 0.3 is 6.36 Å². The third-order valence-corrected chi connectivity index (χ3v) is 8.74. The van der Waals surface area contributed by atoms with E-state index in [0.717, 1.165) is 25.7 Å². The van der Waals surface area contributed by atoms with Crippen LogP contribution in [-0.2, 0) is 9.53 Å². The second kappa shape index (κ2) is 10.7. The summed E-state index contributed by atoms with van der Waals surface area (Å²) in [5.41, 5.74) is 5.84. The SMILES string of the molecule is N=C(N)C1CCC2CC(C(=O)N3CCC(CF)CC3)N(CC3CCC(OC(F)(F)F)CC3)C2C1. The zero-order valence-electron chi connectivity index (χ0n) is 19.7. The quantitative estimate of drug-likeness (QED) is 0.334. The molecule has 34 heavy (non-hydrogen) atoms. The number of alkyl halides is 4. The molecular formula is C24H38F4N4O2. The van der Waals surface area contributed by atoms with Crippen LogP contribution in [0.25, 0.3) is 0 Å². The number of nitrogens with zero attached hydrogens (tertiary/aromatic N) is 2. The number of hydrogen-bond acceptors (Lipinski definition) is 4. The van der Waals surface area contributed by atoms with Crippen molar-refractivity contribution in [2.75, 3.05) is 26.3 Å². The molecule has 6 nitrogen and oxygen atoms in total. The van der Waals surface area contributed by atoms with Crippen LogP contribution in [0.4, 0.5) is 17.6 Å². The lowest BCUT2D eigenvalue weighted by molar-refractivity contribution is -0.345. The molecule has 4 unspecified atom stereocenters. The van der Waals surface area contributed by atoms with E-state index in [1.54, 1.807) is 0 Å². The third-order valence-electron chi connectivity index (χ3n) is 8.74. The molecule has 10 heteroatoms. The standard InChI is InChI=1S/C24H38F4N4O2/c25-13-15-7-9-31(10-8-15)23(33)21-11-17-3-4-18(22(29)30)12-20(17)32(21)14-16-1-5-19(6-2-16)34-24(26,27)28/h15-21H,1-14H2,(H3,29,30). The normalized spacial score (nSPS) is 35.8. The summed E-state index contributed by atoms with van der Waals surface area (Å²) in [5, 5.41) is 7.93. The Morgan fingerprint density at radius 3 is 2.24 bits per heavy atom. The molecule has 0 aromatic carbocycles. The van der Waals surface area contributed by atoms with Crippen LogP contribution in [0.2, 0.25) is 0 Å². The van der Waals surface area contributed by atoms with Crippen LogP contribution in [0.15, 0.2) is 0 Å². The van der Waals surface area contributed by atoms with Crippen molar-refractivity contribution in [3.05, 3.63) is 0 Å². The number of carbonyl (C=O) groups excluding carboxylic acids is 1. The molecule has 2 saturated carbocycles. The second-order valence-electron chi connectivity index (χ2n) is 10.9. The molecule has 2 aliphatic heterocycles. The Labute approximate surface area is 199 Å². The summed E-state index contributed by atoms with van der Waals surface area (Å²) in [5.74, 6) is 0.965. The van der Waals surface area contributed by atoms with E-state index in [9.17, 15) is 22.4 Å². The Balaban J connectivity index is 1.43. The zero-order valence-corrected chi connectivity index (χ0v) is 19.7. The smallest absolute Gasteiger partial charge is 0.387 e. The van der Waals surface area contributed by atoms with Gasteiger partial charge in [0.05, 0.1) is 24.7 Å². The number of likely N-dealkylation sites (tertiary alicyclic amines) is 2. The average molecular weight is 491 g/mol. The highest BCUT2D eigenvalue weighted by Crippen LogP contribution is 2.44. The Morgan fingerprint density at radius 1 is 0.971 bits per heavy atom. The molecule has 4 rings (SSSR count). The van der Waals surface area contributed by atoms with Crippen LogP contribution < -0.4 is 5.73 Å². The van der Waals surface area contributed by atoms with Gasteiger partial charge in [-0.3, -0.25) is 24.2 Å². The van der Waals surface area contributed by atoms with Crippen molar-refractivity contribution in [3.8, 4) is 0 Å². The lowest BCUT2D eigenvalue weighted by atomic mass is 9.77. The molecule has 4 fully saturated rings. The van der Waals surface area contributed by atoms with Crippen molar-refractivity contribution in [2.45, 2.75) is 88.8 Å². The summed E-state index contributed by atoms with van der Waals surface area (Å²) in [6.07, 6.45) is 1.39. The predicted octanol–water partition coefficient (Wildman–Crippen LogP) is 4.08. The maximum Gasteiger partial charge on any atom is 0.522 e. The summed E-state index contributed by atoms with van der Waals surface area (Å²) < 4.78 is 55.1. The van der Waals surface area contributed by atoms with Crippen molar-refractivity contribution in [3.63, 3.8) is 0 Å². The highest BCUT2D eigenvalue weighted by molar-refractivity contribution is 5.83. The Morgan fingerprint density at radius 2 is 1.65 bits per heavy atom. The van der Waals surface area contributed by atoms with Gasteiger partial charge in [0.2, 0.25) is 5.91 Å². The van der Waals surface area contributed by atoms with Gasteiger partial charge in [-0.05, 0) is 82.0 Å². The Kier molecular flexibility index (Phi) is 8.06. The minimum absolute atomic E-state index is 0.0221. The third kappa shape index (κ3) is 6.04. The van der Waals surface area contributed by atoms with E-state index in [2.05, 4.69) is 9.64 Å². The van der Waals surface area contributed by atoms with Crippen molar-refractivity contribution in [2.24, 2.45) is 29.4 Å². The number of rotatable bonds is 6. The first-order chi connectivity index (χ1) is 16.1. The van der Waals surface area contributed by atoms with E-state index in [-0.39, 0.29) is 48.3 Å². The monoisotopic (exact) mass is 490 g/mol. The van der Waals surface area contributed by atoms with E-state index in [1.807, 2.05) is 4.90 Å². The van der Waals surface area contributed by atoms with Crippen molar-refractivity contribution in [1.82, 2.24) is 9.80 Å². The second-order valence-corrected chi connectivity index (χ2v) is 10.9. The van der Waals surface area contributed by atoms with E-state index < -0.39 is 12.5 Å². The first-order valence-corrected chi connectivity index (χ1v) is 12.8. The number of fused-ring (bicyclic) bond motifs is 1. The van der Waals surface area contributed by atoms with Gasteiger partial charge in [0, 0.05) is 31.6 Å². The number of amidine groups is 1. The maximum absolute atomic E-state index is 13.6. The summed E-state index contributed by atoms with van der Waals surface area (Å²) in [6.45, 7) is 1.52. The number of nitrogens with one attached hydrogen (secondary N) is 1. The first-order valence-electron chi connectivity index (χ1n) is 12.8. The largest absolute Gasteiger partial charge is 0.522 e. The fourth-order valence-corrected chi connectivity index (χ4v) is 6.77. The summed E-state index contributed by atoms with van der Waals surface area (Å²) in [6, 6.07) is -0.0732. The predicted molar refractivity (Wildman–Crippen MR) is 120 cm³/mol. The fraction of sp³-hybridized carbons (Fsp3) is 0.917. The summed E-state index contributed by atoms with van der Waals surface area (Å²) in [7, 11) is 0. The van der Waals surface area contributed by atoms with Gasteiger partial charge in [-0.15, -0.1) is 13.2 Å². The average Bonchev–Trinajstić information content (AvgIpc) is 3.16. The van der Waals surface area contributed by atoms with Crippen molar-refractivity contribution >= 4 is 11.7 Å². The highest BCUT2D eigenvalue weighted by atomic mass is 19.4. The molecule has 0 aromatic rings. The van der Waals surface area contributed by atoms with Gasteiger partial charge < -0.3 is 10.6 Å². The number of ether oxygens (including phenoxy) is 1. The van der Waals surface area contributed by atoms with Crippen LogP contribution >= 0.6 is 0 Å². The molecule has 0 aromatic heterocycles. The Bertz CT molecular complexity index is 720. The molecule has 0 spiro atoms. The molecule has 194 valence electrons.